The van der Waals surface area contributed by atoms with Crippen LogP contribution in [0.15, 0.2) is 77.7 Å². The van der Waals surface area contributed by atoms with E-state index in [0.29, 0.717) is 17.3 Å². The van der Waals surface area contributed by atoms with Crippen LogP contribution in [-0.4, -0.2) is 26.2 Å². The van der Waals surface area contributed by atoms with Crippen molar-refractivity contribution in [1.29, 1.82) is 0 Å². The molecule has 0 aromatic heterocycles. The number of anilines is 1. The van der Waals surface area contributed by atoms with E-state index in [4.69, 9.17) is 15.2 Å². The molecule has 6 heteroatoms. The summed E-state index contributed by atoms with van der Waals surface area (Å²) in [4.78, 5) is 10.7. The molecule has 1 heterocycles. The van der Waals surface area contributed by atoms with Gasteiger partial charge in [0, 0.05) is 29.2 Å². The van der Waals surface area contributed by atoms with Gasteiger partial charge in [-0.3, -0.25) is 4.79 Å². The van der Waals surface area contributed by atoms with E-state index in [1.807, 2.05) is 31.3 Å². The number of nitrogens with two attached hydrogens (primary N) is 1. The number of nitrogens with one attached hydrogen (secondary N) is 2. The molecule has 0 bridgehead atoms. The third-order valence-electron chi connectivity index (χ3n) is 5.68. The molecule has 2 aromatic rings. The minimum atomic E-state index is 0.250. The summed E-state index contributed by atoms with van der Waals surface area (Å²) in [6, 6.07) is 15.0. The molecular formula is C28H35N3O3. The number of rotatable bonds is 8. The van der Waals surface area contributed by atoms with Crippen LogP contribution < -0.4 is 25.8 Å². The second-order valence-electron chi connectivity index (χ2n) is 8.45. The molecule has 0 atom stereocenters. The van der Waals surface area contributed by atoms with Gasteiger partial charge in [-0.25, -0.2) is 0 Å². The molecule has 0 saturated heterocycles. The maximum Gasteiger partial charge on any atom is 0.231 e. The highest BCUT2D eigenvalue weighted by Crippen LogP contribution is 2.34. The number of hydrogen-bond donors (Lipinski definition) is 3. The Kier molecular flexibility index (Phi) is 9.35. The number of hydrogen-bond acceptors (Lipinski definition) is 6. The van der Waals surface area contributed by atoms with Crippen LogP contribution in [0.3, 0.4) is 0 Å². The maximum absolute atomic E-state index is 10.7. The van der Waals surface area contributed by atoms with Crippen LogP contribution in [0.1, 0.15) is 37.8 Å². The van der Waals surface area contributed by atoms with Crippen molar-refractivity contribution < 1.29 is 14.3 Å². The van der Waals surface area contributed by atoms with Gasteiger partial charge in [-0.15, -0.1) is 0 Å². The van der Waals surface area contributed by atoms with Crippen molar-refractivity contribution in [2.24, 2.45) is 5.73 Å². The fourth-order valence-electron chi connectivity index (χ4n) is 3.87. The topological polar surface area (TPSA) is 85.6 Å². The van der Waals surface area contributed by atoms with Gasteiger partial charge in [0.1, 0.15) is 6.29 Å². The lowest BCUT2D eigenvalue weighted by molar-refractivity contribution is -0.104. The highest BCUT2D eigenvalue weighted by Gasteiger charge is 2.18. The predicted octanol–water partition coefficient (Wildman–Crippen LogP) is 4.87. The number of fused-ring (bicyclic) bond motifs is 2. The third kappa shape index (κ3) is 7.25. The second-order valence-corrected chi connectivity index (χ2v) is 8.45. The van der Waals surface area contributed by atoms with Crippen LogP contribution >= 0.6 is 0 Å². The van der Waals surface area contributed by atoms with Crippen LogP contribution in [0, 0.1) is 0 Å². The van der Waals surface area contributed by atoms with Crippen LogP contribution in [0.2, 0.25) is 0 Å². The van der Waals surface area contributed by atoms with E-state index in [2.05, 4.69) is 47.9 Å². The SMILES string of the molecule is CCC/C=C(/C=C(N)\C=C(/C)C=O)Nc1ccc2c(c1)OCO2.CNC1Cc2ccccc2C1. The quantitative estimate of drug-likeness (QED) is 0.295. The molecule has 1 aliphatic heterocycles. The molecule has 2 aromatic carbocycles. The zero-order chi connectivity index (χ0) is 24.3. The average molecular weight is 462 g/mol. The number of allylic oxidation sites excluding steroid dienone is 4. The molecule has 0 radical (unpaired) electrons. The molecule has 0 fully saturated rings. The summed E-state index contributed by atoms with van der Waals surface area (Å²) >= 11 is 0. The van der Waals surface area contributed by atoms with Gasteiger partial charge in [0.05, 0.1) is 0 Å². The van der Waals surface area contributed by atoms with Crippen molar-refractivity contribution in [2.75, 3.05) is 19.2 Å². The van der Waals surface area contributed by atoms with Gasteiger partial charge in [0.2, 0.25) is 6.79 Å². The average Bonchev–Trinajstić information content (AvgIpc) is 3.49. The number of unbranched alkanes of at least 4 members (excludes halogenated alkanes) is 1. The first kappa shape index (κ1) is 25.1. The smallest absolute Gasteiger partial charge is 0.231 e. The number of likely N-dealkylation sites (N-methyl/N-ethyl adjacent to an activating group) is 1. The minimum absolute atomic E-state index is 0.250. The Morgan fingerprint density at radius 2 is 1.79 bits per heavy atom. The van der Waals surface area contributed by atoms with Crippen molar-refractivity contribution in [3.8, 4) is 11.5 Å². The van der Waals surface area contributed by atoms with E-state index in [1.54, 1.807) is 13.0 Å². The Hall–Kier alpha value is -3.51. The van der Waals surface area contributed by atoms with Crippen molar-refractivity contribution in [1.82, 2.24) is 5.32 Å². The van der Waals surface area contributed by atoms with Crippen LogP contribution in [-0.2, 0) is 17.6 Å². The number of carbonyl (C=O) groups excluding carboxylic acids is 1. The normalized spacial score (nSPS) is 15.4. The van der Waals surface area contributed by atoms with Gasteiger partial charge in [-0.1, -0.05) is 43.7 Å². The molecule has 2 aliphatic rings. The Labute approximate surface area is 202 Å². The van der Waals surface area contributed by atoms with Crippen molar-refractivity contribution in [2.45, 2.75) is 45.6 Å². The second kappa shape index (κ2) is 12.7. The van der Waals surface area contributed by atoms with Crippen LogP contribution in [0.4, 0.5) is 5.69 Å². The molecule has 4 rings (SSSR count). The summed E-state index contributed by atoms with van der Waals surface area (Å²) in [5, 5.41) is 6.63. The lowest BCUT2D eigenvalue weighted by Gasteiger charge is -2.09. The lowest BCUT2D eigenvalue weighted by atomic mass is 10.1. The van der Waals surface area contributed by atoms with Gasteiger partial charge < -0.3 is 25.8 Å². The van der Waals surface area contributed by atoms with Crippen molar-refractivity contribution in [3.05, 3.63) is 88.8 Å². The monoisotopic (exact) mass is 461 g/mol. The number of ether oxygens (including phenoxy) is 2. The first-order chi connectivity index (χ1) is 16.5. The largest absolute Gasteiger partial charge is 0.454 e. The van der Waals surface area contributed by atoms with E-state index >= 15 is 0 Å². The van der Waals surface area contributed by atoms with Crippen molar-refractivity contribution >= 4 is 12.0 Å². The Morgan fingerprint density at radius 3 is 2.44 bits per heavy atom. The van der Waals surface area contributed by atoms with Gasteiger partial charge in [-0.2, -0.15) is 0 Å². The zero-order valence-electron chi connectivity index (χ0n) is 20.3. The molecule has 0 saturated carbocycles. The highest BCUT2D eigenvalue weighted by atomic mass is 16.7. The van der Waals surface area contributed by atoms with Gasteiger partial charge in [0.15, 0.2) is 11.5 Å². The summed E-state index contributed by atoms with van der Waals surface area (Å²) in [5.41, 5.74) is 11.9. The molecule has 1 aliphatic carbocycles. The maximum atomic E-state index is 10.7. The Balaban J connectivity index is 0.000000243. The van der Waals surface area contributed by atoms with E-state index in [9.17, 15) is 4.79 Å². The minimum Gasteiger partial charge on any atom is -0.454 e. The standard InChI is InChI=1S/C18H22N2O3.C10H13N/c1-3-4-5-15(9-14(19)8-13(2)11-21)20-16-6-7-17-18(10-16)23-12-22-17;1-11-10-6-8-4-2-3-5-9(8)7-10/h5-11,20H,3-4,12,19H2,1-2H3;2-5,10-11H,6-7H2,1H3/b13-8+,14-9+,15-5-;. The number of carbonyl (C=O) groups is 1. The number of aldehydes is 1. The van der Waals surface area contributed by atoms with Crippen LogP contribution in [0.5, 0.6) is 11.5 Å². The number of benzene rings is 2. The molecule has 6 nitrogen and oxygen atoms in total. The summed E-state index contributed by atoms with van der Waals surface area (Å²) < 4.78 is 10.7. The summed E-state index contributed by atoms with van der Waals surface area (Å²) in [6.45, 7) is 4.08. The molecule has 180 valence electrons. The third-order valence-corrected chi connectivity index (χ3v) is 5.68. The summed E-state index contributed by atoms with van der Waals surface area (Å²) in [5.74, 6) is 1.47. The van der Waals surface area contributed by atoms with E-state index in [1.165, 1.54) is 24.0 Å². The van der Waals surface area contributed by atoms with Crippen molar-refractivity contribution in [3.63, 3.8) is 0 Å². The summed E-state index contributed by atoms with van der Waals surface area (Å²) in [6.07, 6.45) is 10.7. The zero-order valence-corrected chi connectivity index (χ0v) is 20.3. The Morgan fingerprint density at radius 1 is 1.09 bits per heavy atom. The first-order valence-electron chi connectivity index (χ1n) is 11.7. The molecule has 0 amide bonds. The Bertz CT molecular complexity index is 1050. The molecule has 34 heavy (non-hydrogen) atoms. The van der Waals surface area contributed by atoms with Gasteiger partial charge >= 0.3 is 0 Å². The van der Waals surface area contributed by atoms with Gasteiger partial charge in [0.25, 0.3) is 0 Å². The predicted molar refractivity (Wildman–Crippen MR) is 138 cm³/mol. The lowest BCUT2D eigenvalue weighted by Crippen LogP contribution is -2.24. The molecule has 0 spiro atoms. The fraction of sp³-hybridized carbons (Fsp3) is 0.321. The van der Waals surface area contributed by atoms with E-state index < -0.39 is 0 Å². The fourth-order valence-corrected chi connectivity index (χ4v) is 3.87. The van der Waals surface area contributed by atoms with E-state index in [-0.39, 0.29) is 6.79 Å². The highest BCUT2D eigenvalue weighted by molar-refractivity contribution is 5.73. The van der Waals surface area contributed by atoms with Gasteiger partial charge in [-0.05, 0) is 74.2 Å². The summed E-state index contributed by atoms with van der Waals surface area (Å²) in [7, 11) is 2.04. The molecule has 4 N–H and O–H groups in total. The van der Waals surface area contributed by atoms with Crippen LogP contribution in [0.25, 0.3) is 0 Å². The molecule has 0 unspecified atom stereocenters. The molecular weight excluding hydrogens is 426 g/mol. The first-order valence-corrected chi connectivity index (χ1v) is 11.7. The van der Waals surface area contributed by atoms with E-state index in [0.717, 1.165) is 42.0 Å².